The highest BCUT2D eigenvalue weighted by Gasteiger charge is 2.10. The summed E-state index contributed by atoms with van der Waals surface area (Å²) in [4.78, 5) is 11.7. The molecule has 0 atom stereocenters. The minimum Gasteiger partial charge on any atom is -0.462 e. The minimum absolute atomic E-state index is 0.302. The number of hydrogen-bond acceptors (Lipinski definition) is 2. The number of carbonyl (C=O) groups is 1. The number of esters is 1. The second kappa shape index (κ2) is 16.1. The number of hydrogen-bond donors (Lipinski definition) is 0. The van der Waals surface area contributed by atoms with E-state index in [0.717, 1.165) is 32.1 Å². The van der Waals surface area contributed by atoms with Gasteiger partial charge in [-0.25, -0.2) is 4.79 Å². The van der Waals surface area contributed by atoms with Crippen molar-refractivity contribution in [2.24, 2.45) is 0 Å². The summed E-state index contributed by atoms with van der Waals surface area (Å²) in [5, 5.41) is 0. The lowest BCUT2D eigenvalue weighted by Gasteiger charge is -2.16. The lowest BCUT2D eigenvalue weighted by Crippen LogP contribution is -2.07. The normalized spacial score (nSPS) is 11.0. The summed E-state index contributed by atoms with van der Waals surface area (Å²) in [6.45, 7) is 12.5. The van der Waals surface area contributed by atoms with Gasteiger partial charge in [0.25, 0.3) is 0 Å². The van der Waals surface area contributed by atoms with Crippen LogP contribution in [0.2, 0.25) is 0 Å². The van der Waals surface area contributed by atoms with E-state index in [2.05, 4.69) is 88.0 Å². The van der Waals surface area contributed by atoms with E-state index >= 15 is 0 Å². The van der Waals surface area contributed by atoms with E-state index < -0.39 is 0 Å². The van der Waals surface area contributed by atoms with Gasteiger partial charge in [-0.2, -0.15) is 0 Å². The average molecular weight is 525 g/mol. The van der Waals surface area contributed by atoms with Gasteiger partial charge in [0.1, 0.15) is 0 Å². The largest absolute Gasteiger partial charge is 0.462 e. The van der Waals surface area contributed by atoms with Crippen molar-refractivity contribution in [1.29, 1.82) is 0 Å². The summed E-state index contributed by atoms with van der Waals surface area (Å²) < 4.78 is 5.33. The third-order valence-corrected chi connectivity index (χ3v) is 7.68. The third-order valence-electron chi connectivity index (χ3n) is 7.68. The highest BCUT2D eigenvalue weighted by Crippen LogP contribution is 2.28. The predicted molar refractivity (Wildman–Crippen MR) is 166 cm³/mol. The Morgan fingerprint density at radius 1 is 0.667 bits per heavy atom. The van der Waals surface area contributed by atoms with Crippen molar-refractivity contribution in [3.8, 4) is 11.1 Å². The minimum atomic E-state index is -0.302. The van der Waals surface area contributed by atoms with Crippen LogP contribution < -0.4 is 0 Å². The first-order valence-electron chi connectivity index (χ1n) is 15.0. The molecule has 0 aliphatic carbocycles. The molecular weight excluding hydrogens is 476 g/mol. The fraction of sp³-hybridized carbons (Fsp3) is 0.432. The maximum atomic E-state index is 11.7. The van der Waals surface area contributed by atoms with Gasteiger partial charge in [0.15, 0.2) is 0 Å². The summed E-state index contributed by atoms with van der Waals surface area (Å²) in [6.07, 6.45) is 12.4. The molecule has 0 heterocycles. The first-order valence-corrected chi connectivity index (χ1v) is 15.0. The molecule has 0 aromatic heterocycles. The van der Waals surface area contributed by atoms with Crippen LogP contribution in [0.25, 0.3) is 11.1 Å². The molecule has 0 spiro atoms. The Morgan fingerprint density at radius 2 is 1.18 bits per heavy atom. The fourth-order valence-corrected chi connectivity index (χ4v) is 5.05. The molecule has 0 aliphatic rings. The molecule has 0 bridgehead atoms. The van der Waals surface area contributed by atoms with Crippen molar-refractivity contribution < 1.29 is 9.53 Å². The van der Waals surface area contributed by atoms with Gasteiger partial charge in [-0.15, -0.1) is 0 Å². The highest BCUT2D eigenvalue weighted by atomic mass is 16.5. The zero-order chi connectivity index (χ0) is 28.0. The quantitative estimate of drug-likeness (QED) is 0.106. The van der Waals surface area contributed by atoms with Gasteiger partial charge >= 0.3 is 5.97 Å². The van der Waals surface area contributed by atoms with Crippen molar-refractivity contribution in [2.75, 3.05) is 6.61 Å². The van der Waals surface area contributed by atoms with Crippen LogP contribution in [0, 0.1) is 6.92 Å². The Bertz CT molecular complexity index is 1190. The van der Waals surface area contributed by atoms with Gasteiger partial charge in [-0.05, 0) is 110 Å². The van der Waals surface area contributed by atoms with Crippen molar-refractivity contribution >= 4 is 5.97 Å². The SMILES string of the molecule is C=C(C)C(=O)OCCCc1cc(-c2ccc(CCc3ccc(CCCCC)cc3)cc2)cc(CCCC)c1C. The van der Waals surface area contributed by atoms with E-state index in [4.69, 9.17) is 4.74 Å². The second-order valence-electron chi connectivity index (χ2n) is 11.0. The molecule has 2 nitrogen and oxygen atoms in total. The first kappa shape index (κ1) is 30.4. The van der Waals surface area contributed by atoms with E-state index in [1.165, 1.54) is 83.0 Å². The summed E-state index contributed by atoms with van der Waals surface area (Å²) in [7, 11) is 0. The van der Waals surface area contributed by atoms with Gasteiger partial charge < -0.3 is 4.74 Å². The molecule has 0 saturated carbocycles. The van der Waals surface area contributed by atoms with Crippen molar-refractivity contribution in [3.63, 3.8) is 0 Å². The zero-order valence-corrected chi connectivity index (χ0v) is 24.8. The molecule has 0 unspecified atom stereocenters. The highest BCUT2D eigenvalue weighted by molar-refractivity contribution is 5.86. The van der Waals surface area contributed by atoms with E-state index in [9.17, 15) is 4.79 Å². The molecule has 3 aromatic carbocycles. The summed E-state index contributed by atoms with van der Waals surface area (Å²) in [6, 6.07) is 23.1. The van der Waals surface area contributed by atoms with Crippen molar-refractivity contribution in [3.05, 3.63) is 106 Å². The summed E-state index contributed by atoms with van der Waals surface area (Å²) in [5.74, 6) is -0.302. The third kappa shape index (κ3) is 9.84. The van der Waals surface area contributed by atoms with Gasteiger partial charge in [-0.1, -0.05) is 100 Å². The number of benzene rings is 3. The van der Waals surface area contributed by atoms with Gasteiger partial charge in [0.2, 0.25) is 0 Å². The Morgan fingerprint density at radius 3 is 1.72 bits per heavy atom. The lowest BCUT2D eigenvalue weighted by molar-refractivity contribution is -0.139. The topological polar surface area (TPSA) is 26.3 Å². The molecule has 3 aromatic rings. The lowest BCUT2D eigenvalue weighted by atomic mass is 9.90. The van der Waals surface area contributed by atoms with Crippen LogP contribution >= 0.6 is 0 Å². The number of rotatable bonds is 16. The molecule has 0 radical (unpaired) electrons. The molecule has 0 amide bonds. The Hall–Kier alpha value is -3.13. The number of unbranched alkanes of at least 4 members (excludes halogenated alkanes) is 3. The average Bonchev–Trinajstić information content (AvgIpc) is 2.95. The molecule has 0 fully saturated rings. The second-order valence-corrected chi connectivity index (χ2v) is 11.0. The van der Waals surface area contributed by atoms with Crippen LogP contribution in [-0.2, 0) is 41.6 Å². The maximum absolute atomic E-state index is 11.7. The van der Waals surface area contributed by atoms with E-state index in [1.54, 1.807) is 6.92 Å². The molecule has 39 heavy (non-hydrogen) atoms. The molecule has 2 heteroatoms. The fourth-order valence-electron chi connectivity index (χ4n) is 5.05. The van der Waals surface area contributed by atoms with E-state index in [0.29, 0.717) is 12.2 Å². The van der Waals surface area contributed by atoms with Crippen molar-refractivity contribution in [2.45, 2.75) is 98.3 Å². The van der Waals surface area contributed by atoms with Crippen LogP contribution in [0.3, 0.4) is 0 Å². The monoisotopic (exact) mass is 524 g/mol. The number of ether oxygens (including phenoxy) is 1. The van der Waals surface area contributed by atoms with Crippen LogP contribution in [0.5, 0.6) is 0 Å². The molecule has 208 valence electrons. The van der Waals surface area contributed by atoms with Crippen LogP contribution in [0.4, 0.5) is 0 Å². The molecule has 0 saturated heterocycles. The Kier molecular flexibility index (Phi) is 12.5. The zero-order valence-electron chi connectivity index (χ0n) is 24.8. The summed E-state index contributed by atoms with van der Waals surface area (Å²) >= 11 is 0. The van der Waals surface area contributed by atoms with Gasteiger partial charge in [-0.3, -0.25) is 0 Å². The summed E-state index contributed by atoms with van der Waals surface area (Å²) in [5.41, 5.74) is 11.4. The van der Waals surface area contributed by atoms with Crippen LogP contribution in [0.1, 0.15) is 92.7 Å². The van der Waals surface area contributed by atoms with Crippen LogP contribution in [0.15, 0.2) is 72.8 Å². The molecule has 0 N–H and O–H groups in total. The van der Waals surface area contributed by atoms with Gasteiger partial charge in [0.05, 0.1) is 6.61 Å². The van der Waals surface area contributed by atoms with Crippen LogP contribution in [-0.4, -0.2) is 12.6 Å². The van der Waals surface area contributed by atoms with Crippen molar-refractivity contribution in [1.82, 2.24) is 0 Å². The predicted octanol–water partition coefficient (Wildman–Crippen LogP) is 9.57. The molecule has 0 aliphatic heterocycles. The first-order chi connectivity index (χ1) is 18.9. The Balaban J connectivity index is 1.65. The standard InChI is InChI=1S/C37H48O2/c1-6-8-10-12-30-15-17-31(18-16-30)19-20-32-21-23-33(24-22-32)36-26-34(13-9-7-2)29(5)35(27-36)14-11-25-39-37(38)28(3)4/h15-18,21-24,26-27H,3,6-14,19-20,25H2,1-2,4-5H3. The molecule has 3 rings (SSSR count). The van der Waals surface area contributed by atoms with E-state index in [1.807, 2.05) is 0 Å². The molecular formula is C37H48O2. The van der Waals surface area contributed by atoms with E-state index in [-0.39, 0.29) is 5.97 Å². The van der Waals surface area contributed by atoms with Gasteiger partial charge in [0, 0.05) is 5.57 Å². The maximum Gasteiger partial charge on any atom is 0.333 e. The Labute approximate surface area is 237 Å². The number of carbonyl (C=O) groups excluding carboxylic acids is 1. The smallest absolute Gasteiger partial charge is 0.333 e. The number of aryl methyl sites for hydroxylation is 5.